The summed E-state index contributed by atoms with van der Waals surface area (Å²) in [7, 11) is 1.63. The van der Waals surface area contributed by atoms with Crippen LogP contribution in [0.3, 0.4) is 0 Å². The third kappa shape index (κ3) is 3.05. The van der Waals surface area contributed by atoms with E-state index in [1.54, 1.807) is 13.1 Å². The van der Waals surface area contributed by atoms with Crippen molar-refractivity contribution in [2.24, 2.45) is 0 Å². The molecule has 3 N–H and O–H groups in total. The van der Waals surface area contributed by atoms with Crippen LogP contribution < -0.4 is 10.6 Å². The summed E-state index contributed by atoms with van der Waals surface area (Å²) in [5, 5.41) is 11.6. The number of carboxylic acid groups (broad SMARTS) is 1. The molecule has 0 radical (unpaired) electrons. The summed E-state index contributed by atoms with van der Waals surface area (Å²) in [5.74, 6) is -0.247. The Bertz CT molecular complexity index is 776. The Kier molecular flexibility index (Phi) is 4.39. The maximum absolute atomic E-state index is 12.6. The molecule has 1 saturated heterocycles. The number of anilines is 2. The molecule has 3 rings (SSSR count). The molecule has 1 atom stereocenters. The van der Waals surface area contributed by atoms with E-state index in [2.05, 4.69) is 4.98 Å². The molecule has 2 amide bonds. The zero-order valence-corrected chi connectivity index (χ0v) is 14.0. The second-order valence-corrected chi connectivity index (χ2v) is 6.51. The third-order valence-electron chi connectivity index (χ3n) is 4.08. The normalized spacial score (nSPS) is 17.0. The number of likely N-dealkylation sites (tertiary alicyclic amines) is 1. The monoisotopic (exact) mass is 346 g/mol. The molecule has 126 valence electrons. The molecule has 1 aromatic heterocycles. The first kappa shape index (κ1) is 16.3. The van der Waals surface area contributed by atoms with E-state index in [0.29, 0.717) is 30.2 Å². The van der Waals surface area contributed by atoms with Gasteiger partial charge in [-0.2, -0.15) is 0 Å². The molecule has 0 saturated carbocycles. The minimum absolute atomic E-state index is 0.247. The first-order valence-corrected chi connectivity index (χ1v) is 8.44. The van der Waals surface area contributed by atoms with Gasteiger partial charge in [-0.3, -0.25) is 14.6 Å². The van der Waals surface area contributed by atoms with Crippen molar-refractivity contribution in [3.63, 3.8) is 0 Å². The van der Waals surface area contributed by atoms with Crippen LogP contribution in [0.15, 0.2) is 29.6 Å². The van der Waals surface area contributed by atoms with Gasteiger partial charge in [0.15, 0.2) is 5.13 Å². The van der Waals surface area contributed by atoms with E-state index in [4.69, 9.17) is 5.73 Å². The quantitative estimate of drug-likeness (QED) is 0.832. The van der Waals surface area contributed by atoms with Crippen molar-refractivity contribution in [2.75, 3.05) is 24.2 Å². The van der Waals surface area contributed by atoms with Gasteiger partial charge in [0, 0.05) is 30.2 Å². The van der Waals surface area contributed by atoms with Gasteiger partial charge in [-0.25, -0.2) is 9.78 Å². The number of thiazole rings is 1. The highest BCUT2D eigenvalue weighted by Gasteiger charge is 2.36. The number of nitrogens with zero attached hydrogens (tertiary/aromatic N) is 3. The molecular formula is C16H18N4O3S. The van der Waals surface area contributed by atoms with Crippen LogP contribution in [-0.2, 0) is 4.79 Å². The molecule has 24 heavy (non-hydrogen) atoms. The summed E-state index contributed by atoms with van der Waals surface area (Å²) >= 11 is 1.34. The van der Waals surface area contributed by atoms with Crippen molar-refractivity contribution in [3.05, 3.63) is 29.6 Å². The zero-order valence-electron chi connectivity index (χ0n) is 13.2. The second-order valence-electron chi connectivity index (χ2n) is 5.67. The molecule has 8 heteroatoms. The van der Waals surface area contributed by atoms with Crippen LogP contribution in [0.5, 0.6) is 0 Å². The molecule has 7 nitrogen and oxygen atoms in total. The molecule has 0 spiro atoms. The van der Waals surface area contributed by atoms with Crippen molar-refractivity contribution in [1.82, 2.24) is 9.88 Å². The van der Waals surface area contributed by atoms with E-state index >= 15 is 0 Å². The number of nitrogen functional groups attached to an aromatic ring is 1. The van der Waals surface area contributed by atoms with Crippen LogP contribution >= 0.6 is 11.3 Å². The van der Waals surface area contributed by atoms with Gasteiger partial charge >= 0.3 is 6.09 Å². The van der Waals surface area contributed by atoms with Crippen LogP contribution in [0.4, 0.5) is 15.6 Å². The number of amides is 2. The van der Waals surface area contributed by atoms with Gasteiger partial charge in [-0.1, -0.05) is 12.1 Å². The Labute approximate surface area is 143 Å². The van der Waals surface area contributed by atoms with Crippen LogP contribution in [0, 0.1) is 0 Å². The maximum atomic E-state index is 12.6. The Balaban J connectivity index is 1.79. The lowest BCUT2D eigenvalue weighted by atomic mass is 10.1. The number of hydrogen-bond acceptors (Lipinski definition) is 5. The predicted octanol–water partition coefficient (Wildman–Crippen LogP) is 2.50. The minimum Gasteiger partial charge on any atom is -0.465 e. The Morgan fingerprint density at radius 1 is 1.46 bits per heavy atom. The highest BCUT2D eigenvalue weighted by atomic mass is 32.1. The lowest BCUT2D eigenvalue weighted by Gasteiger charge is -2.24. The lowest BCUT2D eigenvalue weighted by Crippen LogP contribution is -2.46. The molecular weight excluding hydrogens is 328 g/mol. The number of rotatable bonds is 3. The smallest absolute Gasteiger partial charge is 0.407 e. The van der Waals surface area contributed by atoms with Gasteiger partial charge < -0.3 is 10.8 Å². The maximum Gasteiger partial charge on any atom is 0.407 e. The van der Waals surface area contributed by atoms with E-state index in [-0.39, 0.29) is 5.91 Å². The first-order valence-electron chi connectivity index (χ1n) is 7.56. The van der Waals surface area contributed by atoms with E-state index in [1.165, 1.54) is 21.1 Å². The van der Waals surface area contributed by atoms with Crippen molar-refractivity contribution in [3.8, 4) is 11.3 Å². The van der Waals surface area contributed by atoms with E-state index < -0.39 is 12.1 Å². The van der Waals surface area contributed by atoms with Crippen LogP contribution in [-0.4, -0.2) is 46.6 Å². The lowest BCUT2D eigenvalue weighted by molar-refractivity contribution is -0.122. The fourth-order valence-corrected chi connectivity index (χ4v) is 3.62. The van der Waals surface area contributed by atoms with Crippen molar-refractivity contribution in [1.29, 1.82) is 0 Å². The predicted molar refractivity (Wildman–Crippen MR) is 93.1 cm³/mol. The summed E-state index contributed by atoms with van der Waals surface area (Å²) in [4.78, 5) is 31.0. The number of likely N-dealkylation sites (N-methyl/N-ethyl adjacent to an activating group) is 1. The Morgan fingerprint density at radius 2 is 2.25 bits per heavy atom. The standard InChI is InChI=1S/C16H18N4O3S/c1-19(14(21)13-6-3-7-20(13)16(22)23)15-18-12(9-24-15)10-4-2-5-11(17)8-10/h2,4-5,8-9,13H,3,6-7,17H2,1H3,(H,22,23). The van der Waals surface area contributed by atoms with Gasteiger partial charge in [0.2, 0.25) is 0 Å². The summed E-state index contributed by atoms with van der Waals surface area (Å²) in [6.07, 6.45) is 0.185. The molecule has 0 aliphatic carbocycles. The fraction of sp³-hybridized carbons (Fsp3) is 0.312. The highest BCUT2D eigenvalue weighted by Crippen LogP contribution is 2.29. The highest BCUT2D eigenvalue weighted by molar-refractivity contribution is 7.14. The summed E-state index contributed by atoms with van der Waals surface area (Å²) in [5.41, 5.74) is 8.06. The van der Waals surface area contributed by atoms with E-state index in [0.717, 1.165) is 11.3 Å². The SMILES string of the molecule is CN(C(=O)C1CCCN1C(=O)O)c1nc(-c2cccc(N)c2)cs1. The Morgan fingerprint density at radius 3 is 2.96 bits per heavy atom. The molecule has 1 aliphatic heterocycles. The molecule has 1 aromatic carbocycles. The molecule has 2 heterocycles. The van der Waals surface area contributed by atoms with Gasteiger partial charge in [0.1, 0.15) is 6.04 Å². The van der Waals surface area contributed by atoms with Crippen molar-refractivity contribution < 1.29 is 14.7 Å². The van der Waals surface area contributed by atoms with E-state index in [9.17, 15) is 14.7 Å². The van der Waals surface area contributed by atoms with Crippen LogP contribution in [0.25, 0.3) is 11.3 Å². The van der Waals surface area contributed by atoms with Crippen molar-refractivity contribution >= 4 is 34.2 Å². The molecule has 1 unspecified atom stereocenters. The number of nitrogens with two attached hydrogens (primary N) is 1. The van der Waals surface area contributed by atoms with Crippen LogP contribution in [0.2, 0.25) is 0 Å². The van der Waals surface area contributed by atoms with Gasteiger partial charge in [-0.05, 0) is 25.0 Å². The number of carbonyl (C=O) groups is 2. The first-order chi connectivity index (χ1) is 11.5. The average molecular weight is 346 g/mol. The topological polar surface area (TPSA) is 99.8 Å². The fourth-order valence-electron chi connectivity index (χ4n) is 2.82. The van der Waals surface area contributed by atoms with Gasteiger partial charge in [-0.15, -0.1) is 11.3 Å². The molecule has 1 fully saturated rings. The largest absolute Gasteiger partial charge is 0.465 e. The van der Waals surface area contributed by atoms with Gasteiger partial charge in [0.25, 0.3) is 5.91 Å². The Hall–Kier alpha value is -2.61. The summed E-state index contributed by atoms with van der Waals surface area (Å²) < 4.78 is 0. The molecule has 2 aromatic rings. The second kappa shape index (κ2) is 6.48. The number of hydrogen-bond donors (Lipinski definition) is 2. The zero-order chi connectivity index (χ0) is 17.3. The number of aromatic nitrogens is 1. The van der Waals surface area contributed by atoms with Gasteiger partial charge in [0.05, 0.1) is 5.69 Å². The van der Waals surface area contributed by atoms with E-state index in [1.807, 2.05) is 23.6 Å². The van der Waals surface area contributed by atoms with Crippen molar-refractivity contribution in [2.45, 2.75) is 18.9 Å². The third-order valence-corrected chi connectivity index (χ3v) is 4.99. The van der Waals surface area contributed by atoms with Crippen LogP contribution in [0.1, 0.15) is 12.8 Å². The summed E-state index contributed by atoms with van der Waals surface area (Å²) in [6.45, 7) is 0.395. The molecule has 0 bridgehead atoms. The molecule has 1 aliphatic rings. The summed E-state index contributed by atoms with van der Waals surface area (Å²) in [6, 6.07) is 6.74. The minimum atomic E-state index is -1.06. The number of carbonyl (C=O) groups excluding carboxylic acids is 1. The number of benzene rings is 1. The average Bonchev–Trinajstić information content (AvgIpc) is 3.22.